The van der Waals surface area contributed by atoms with Crippen LogP contribution in [-0.4, -0.2) is 73.1 Å². The van der Waals surface area contributed by atoms with Gasteiger partial charge in [0, 0.05) is 19.3 Å². The number of esters is 2. The second-order valence-corrected chi connectivity index (χ2v) is 8.48. The van der Waals surface area contributed by atoms with Crippen molar-refractivity contribution in [3.63, 3.8) is 0 Å². The zero-order valence-electron chi connectivity index (χ0n) is 20.4. The van der Waals surface area contributed by atoms with Crippen molar-refractivity contribution in [2.24, 2.45) is 0 Å². The van der Waals surface area contributed by atoms with E-state index in [4.69, 9.17) is 5.11 Å². The van der Waals surface area contributed by atoms with Crippen LogP contribution in [0.4, 0.5) is 0 Å². The van der Waals surface area contributed by atoms with Crippen LogP contribution >= 0.6 is 0 Å². The fourth-order valence-electron chi connectivity index (χ4n) is 3.74. The quantitative estimate of drug-likeness (QED) is 0.404. The highest BCUT2D eigenvalue weighted by molar-refractivity contribution is 5.85. The molecule has 4 N–H and O–H groups in total. The molecule has 3 fully saturated rings. The first-order chi connectivity index (χ1) is 16.7. The molecule has 3 aliphatic rings. The van der Waals surface area contributed by atoms with Crippen molar-refractivity contribution in [3.8, 4) is 0 Å². The summed E-state index contributed by atoms with van der Waals surface area (Å²) in [5, 5.41) is 16.2. The molecule has 0 spiro atoms. The molecule has 0 radical (unpaired) electrons. The summed E-state index contributed by atoms with van der Waals surface area (Å²) in [6.07, 6.45) is 8.59. The van der Waals surface area contributed by atoms with Gasteiger partial charge in [0.15, 0.2) is 0 Å². The molecule has 0 aromatic heterocycles. The first-order valence-electron chi connectivity index (χ1n) is 11.9. The van der Waals surface area contributed by atoms with Gasteiger partial charge in [0.05, 0.1) is 14.2 Å². The number of hydrogen-bond acceptors (Lipinski definition) is 8. The fraction of sp³-hybridized carbons (Fsp3) is 0.739. The van der Waals surface area contributed by atoms with Gasteiger partial charge in [-0.25, -0.2) is 14.4 Å². The molecule has 3 atom stereocenters. The Morgan fingerprint density at radius 2 is 0.943 bits per heavy atom. The average molecular weight is 500 g/mol. The largest absolute Gasteiger partial charge is 0.480 e. The Morgan fingerprint density at radius 3 is 1.26 bits per heavy atom. The molecule has 12 heteroatoms. The Bertz CT molecular complexity index is 715. The van der Waals surface area contributed by atoms with E-state index in [9.17, 15) is 28.8 Å². The van der Waals surface area contributed by atoms with Crippen molar-refractivity contribution in [1.82, 2.24) is 16.0 Å². The van der Waals surface area contributed by atoms with E-state index in [2.05, 4.69) is 25.4 Å². The van der Waals surface area contributed by atoms with Gasteiger partial charge in [0.2, 0.25) is 17.7 Å². The number of carboxylic acid groups (broad SMARTS) is 1. The molecule has 3 heterocycles. The maximum atomic E-state index is 11.0. The minimum absolute atomic E-state index is 0.0529. The van der Waals surface area contributed by atoms with Gasteiger partial charge in [0.1, 0.15) is 18.1 Å². The van der Waals surface area contributed by atoms with Crippen LogP contribution in [0.3, 0.4) is 0 Å². The third-order valence-corrected chi connectivity index (χ3v) is 5.72. The molecular weight excluding hydrogens is 462 g/mol. The molecule has 0 bridgehead atoms. The third kappa shape index (κ3) is 12.2. The average Bonchev–Trinajstić information content (AvgIpc) is 3.29. The summed E-state index contributed by atoms with van der Waals surface area (Å²) in [6.45, 7) is 0. The second-order valence-electron chi connectivity index (χ2n) is 8.48. The molecule has 0 aliphatic carbocycles. The molecule has 3 aliphatic heterocycles. The standard InChI is InChI=1S/2C8H13NO3.C7H11NO3/c2*1-12-8(11)6-4-2-3-5-7(10)9-6;9-6-4-2-1-3-5(8-6)7(10)11/h2*6H,2-5H2,1H3,(H,9,10);5H,1-4H2,(H,8,9)(H,10,11)/t;;5-/m..0/s1. The Kier molecular flexibility index (Phi) is 14.0. The first kappa shape index (κ1) is 29.9. The van der Waals surface area contributed by atoms with E-state index in [1.54, 1.807) is 0 Å². The number of carbonyl (C=O) groups excluding carboxylic acids is 5. The summed E-state index contributed by atoms with van der Waals surface area (Å²) in [5.41, 5.74) is 0. The SMILES string of the molecule is COC(=O)C1CCCCC(=O)N1.COC(=O)C1CCCCC(=O)N1.O=C1CCCC[C@@H](C(=O)O)N1. The highest BCUT2D eigenvalue weighted by Gasteiger charge is 2.24. The number of aliphatic carboxylic acids is 1. The van der Waals surface area contributed by atoms with Gasteiger partial charge in [-0.2, -0.15) is 0 Å². The lowest BCUT2D eigenvalue weighted by Gasteiger charge is -2.11. The number of methoxy groups -OCH3 is 2. The zero-order valence-corrected chi connectivity index (χ0v) is 20.4. The fourth-order valence-corrected chi connectivity index (χ4v) is 3.74. The maximum absolute atomic E-state index is 11.0. The van der Waals surface area contributed by atoms with E-state index >= 15 is 0 Å². The minimum Gasteiger partial charge on any atom is -0.480 e. The van der Waals surface area contributed by atoms with Gasteiger partial charge >= 0.3 is 17.9 Å². The Labute approximate surface area is 204 Å². The van der Waals surface area contributed by atoms with Gasteiger partial charge in [-0.05, 0) is 38.5 Å². The van der Waals surface area contributed by atoms with Crippen molar-refractivity contribution in [3.05, 3.63) is 0 Å². The van der Waals surface area contributed by atoms with Crippen LogP contribution < -0.4 is 16.0 Å². The van der Waals surface area contributed by atoms with Gasteiger partial charge in [0.25, 0.3) is 0 Å². The molecule has 0 saturated carbocycles. The van der Waals surface area contributed by atoms with Crippen LogP contribution in [0.25, 0.3) is 0 Å². The summed E-state index contributed by atoms with van der Waals surface area (Å²) in [4.78, 5) is 65.3. The molecule has 0 aromatic carbocycles. The van der Waals surface area contributed by atoms with Crippen LogP contribution in [0.5, 0.6) is 0 Å². The molecule has 3 amide bonds. The van der Waals surface area contributed by atoms with Crippen molar-refractivity contribution in [2.45, 2.75) is 95.2 Å². The normalized spacial score (nSPS) is 24.5. The molecule has 0 aromatic rings. The lowest BCUT2D eigenvalue weighted by atomic mass is 10.1. The smallest absolute Gasteiger partial charge is 0.328 e. The monoisotopic (exact) mass is 499 g/mol. The lowest BCUT2D eigenvalue weighted by Crippen LogP contribution is -2.39. The van der Waals surface area contributed by atoms with Gasteiger partial charge in [-0.1, -0.05) is 19.3 Å². The van der Waals surface area contributed by atoms with E-state index in [1.165, 1.54) is 14.2 Å². The lowest BCUT2D eigenvalue weighted by molar-refractivity contribution is -0.145. The highest BCUT2D eigenvalue weighted by Crippen LogP contribution is 2.11. The van der Waals surface area contributed by atoms with Crippen LogP contribution in [0.15, 0.2) is 0 Å². The number of carboxylic acids is 1. The van der Waals surface area contributed by atoms with Crippen molar-refractivity contribution in [1.29, 1.82) is 0 Å². The second kappa shape index (κ2) is 16.4. The Balaban J connectivity index is 0.000000263. The zero-order chi connectivity index (χ0) is 26.2. The third-order valence-electron chi connectivity index (χ3n) is 5.72. The molecule has 3 saturated heterocycles. The van der Waals surface area contributed by atoms with E-state index in [0.29, 0.717) is 38.5 Å². The number of ether oxygens (including phenoxy) is 2. The molecule has 3 rings (SSSR count). The van der Waals surface area contributed by atoms with Crippen molar-refractivity contribution in [2.75, 3.05) is 14.2 Å². The molecule has 2 unspecified atom stereocenters. The Morgan fingerprint density at radius 1 is 0.629 bits per heavy atom. The number of hydrogen-bond donors (Lipinski definition) is 4. The number of nitrogens with one attached hydrogen (secondary N) is 3. The Hall–Kier alpha value is -3.18. The summed E-state index contributed by atoms with van der Waals surface area (Å²) >= 11 is 0. The summed E-state index contributed by atoms with van der Waals surface area (Å²) in [6, 6.07) is -1.51. The number of rotatable bonds is 3. The first-order valence-corrected chi connectivity index (χ1v) is 11.9. The van der Waals surface area contributed by atoms with Crippen molar-refractivity contribution < 1.29 is 43.3 Å². The van der Waals surface area contributed by atoms with Crippen LogP contribution in [-0.2, 0) is 38.2 Å². The number of carbonyl (C=O) groups is 6. The van der Waals surface area contributed by atoms with Gasteiger partial charge < -0.3 is 30.5 Å². The van der Waals surface area contributed by atoms with Crippen LogP contribution in [0, 0.1) is 0 Å². The summed E-state index contributed by atoms with van der Waals surface area (Å²) in [5.74, 6) is -1.86. The maximum Gasteiger partial charge on any atom is 0.328 e. The summed E-state index contributed by atoms with van der Waals surface area (Å²) in [7, 11) is 2.67. The van der Waals surface area contributed by atoms with E-state index < -0.39 is 24.1 Å². The van der Waals surface area contributed by atoms with Crippen LogP contribution in [0.2, 0.25) is 0 Å². The van der Waals surface area contributed by atoms with E-state index in [1.807, 2.05) is 0 Å². The predicted octanol–water partition coefficient (Wildman–Crippen LogP) is 0.566. The molecule has 12 nitrogen and oxygen atoms in total. The van der Waals surface area contributed by atoms with E-state index in [-0.39, 0.29) is 29.7 Å². The molecule has 35 heavy (non-hydrogen) atoms. The topological polar surface area (TPSA) is 177 Å². The predicted molar refractivity (Wildman–Crippen MR) is 123 cm³/mol. The van der Waals surface area contributed by atoms with Crippen molar-refractivity contribution >= 4 is 35.6 Å². The number of amides is 3. The van der Waals surface area contributed by atoms with Gasteiger partial charge in [-0.15, -0.1) is 0 Å². The molecule has 198 valence electrons. The minimum atomic E-state index is -0.930. The van der Waals surface area contributed by atoms with Gasteiger partial charge in [-0.3, -0.25) is 14.4 Å². The van der Waals surface area contributed by atoms with Crippen LogP contribution in [0.1, 0.15) is 77.0 Å². The molecular formula is C23H37N3O9. The van der Waals surface area contributed by atoms with E-state index in [0.717, 1.165) is 38.5 Å². The summed E-state index contributed by atoms with van der Waals surface area (Å²) < 4.78 is 9.08. The highest BCUT2D eigenvalue weighted by atomic mass is 16.5.